The fourth-order valence-electron chi connectivity index (χ4n) is 4.43. The SMILES string of the molecule is CCN1CCN(Cc2ccc(NC(=O)Nc3ccc(Oc4ncnc5[nH]ccc45)cc3)cc2CF)CC1. The minimum absolute atomic E-state index is 0.410. The van der Waals surface area contributed by atoms with E-state index in [0.717, 1.165) is 43.7 Å². The molecule has 1 aliphatic heterocycles. The number of anilines is 2. The number of hydrogen-bond acceptors (Lipinski definition) is 6. The Hall–Kier alpha value is -4.02. The zero-order chi connectivity index (χ0) is 25.6. The van der Waals surface area contributed by atoms with E-state index >= 15 is 0 Å². The Labute approximate surface area is 214 Å². The predicted molar refractivity (Wildman–Crippen MR) is 142 cm³/mol. The number of alkyl halides is 1. The van der Waals surface area contributed by atoms with Gasteiger partial charge in [0, 0.05) is 50.3 Å². The van der Waals surface area contributed by atoms with E-state index in [9.17, 15) is 9.18 Å². The van der Waals surface area contributed by atoms with Crippen LogP contribution in [0.3, 0.4) is 0 Å². The molecule has 10 heteroatoms. The number of carbonyl (C=O) groups is 1. The number of H-pyrrole nitrogens is 1. The maximum absolute atomic E-state index is 13.8. The summed E-state index contributed by atoms with van der Waals surface area (Å²) in [6.07, 6.45) is 3.21. The van der Waals surface area contributed by atoms with Crippen molar-refractivity contribution in [3.8, 4) is 11.6 Å². The zero-order valence-electron chi connectivity index (χ0n) is 20.7. The van der Waals surface area contributed by atoms with Crippen LogP contribution in [0.15, 0.2) is 61.1 Å². The Morgan fingerprint density at radius 3 is 2.46 bits per heavy atom. The molecular formula is C27H30FN7O2. The first-order chi connectivity index (χ1) is 18.1. The van der Waals surface area contributed by atoms with Gasteiger partial charge in [-0.2, -0.15) is 0 Å². The van der Waals surface area contributed by atoms with E-state index in [1.807, 2.05) is 18.2 Å². The number of likely N-dealkylation sites (N-methyl/N-ethyl adjacent to an activating group) is 1. The lowest BCUT2D eigenvalue weighted by Crippen LogP contribution is -2.45. The van der Waals surface area contributed by atoms with E-state index in [4.69, 9.17) is 4.74 Å². The van der Waals surface area contributed by atoms with E-state index < -0.39 is 12.7 Å². The lowest BCUT2D eigenvalue weighted by atomic mass is 10.1. The summed E-state index contributed by atoms with van der Waals surface area (Å²) in [6.45, 7) is 7.38. The van der Waals surface area contributed by atoms with Crippen LogP contribution < -0.4 is 15.4 Å². The number of fused-ring (bicyclic) bond motifs is 1. The number of piperazine rings is 1. The van der Waals surface area contributed by atoms with Crippen molar-refractivity contribution < 1.29 is 13.9 Å². The second kappa shape index (κ2) is 11.4. The molecule has 9 nitrogen and oxygen atoms in total. The molecule has 0 atom stereocenters. The molecule has 1 fully saturated rings. The van der Waals surface area contributed by atoms with Crippen molar-refractivity contribution in [3.63, 3.8) is 0 Å². The van der Waals surface area contributed by atoms with Gasteiger partial charge in [-0.1, -0.05) is 13.0 Å². The first kappa shape index (κ1) is 24.7. The first-order valence-electron chi connectivity index (χ1n) is 12.4. The van der Waals surface area contributed by atoms with E-state index in [-0.39, 0.29) is 0 Å². The topological polar surface area (TPSA) is 98.4 Å². The maximum Gasteiger partial charge on any atom is 0.323 e. The first-order valence-corrected chi connectivity index (χ1v) is 12.4. The normalized spacial score (nSPS) is 14.5. The fraction of sp³-hybridized carbons (Fsp3) is 0.296. The van der Waals surface area contributed by atoms with Crippen LogP contribution in [0.25, 0.3) is 11.0 Å². The van der Waals surface area contributed by atoms with Gasteiger partial charge in [0.1, 0.15) is 24.4 Å². The number of nitrogens with zero attached hydrogens (tertiary/aromatic N) is 4. The molecule has 2 aromatic carbocycles. The Kier molecular flexibility index (Phi) is 7.57. The van der Waals surface area contributed by atoms with Gasteiger partial charge in [0.05, 0.1) is 5.39 Å². The van der Waals surface area contributed by atoms with E-state index in [0.29, 0.717) is 40.8 Å². The summed E-state index contributed by atoms with van der Waals surface area (Å²) < 4.78 is 19.7. The van der Waals surface area contributed by atoms with Crippen molar-refractivity contribution in [3.05, 3.63) is 72.2 Å². The third-order valence-corrected chi connectivity index (χ3v) is 6.56. The van der Waals surface area contributed by atoms with E-state index in [1.165, 1.54) is 6.33 Å². The van der Waals surface area contributed by atoms with Crippen LogP contribution in [0.4, 0.5) is 20.6 Å². The highest BCUT2D eigenvalue weighted by atomic mass is 19.1. The second-order valence-electron chi connectivity index (χ2n) is 8.95. The third-order valence-electron chi connectivity index (χ3n) is 6.56. The number of halogens is 1. The second-order valence-corrected chi connectivity index (χ2v) is 8.95. The summed E-state index contributed by atoms with van der Waals surface area (Å²) in [7, 11) is 0. The van der Waals surface area contributed by atoms with Gasteiger partial charge in [-0.25, -0.2) is 19.2 Å². The van der Waals surface area contributed by atoms with Crippen molar-refractivity contribution in [2.75, 3.05) is 43.4 Å². The number of carbonyl (C=O) groups excluding carboxylic acids is 1. The highest BCUT2D eigenvalue weighted by Crippen LogP contribution is 2.27. The van der Waals surface area contributed by atoms with E-state index in [1.54, 1.807) is 36.5 Å². The van der Waals surface area contributed by atoms with Crippen molar-refractivity contribution >= 4 is 28.4 Å². The van der Waals surface area contributed by atoms with Gasteiger partial charge in [0.2, 0.25) is 5.88 Å². The molecule has 37 heavy (non-hydrogen) atoms. The molecule has 2 aromatic heterocycles. The van der Waals surface area contributed by atoms with Crippen LogP contribution >= 0.6 is 0 Å². The smallest absolute Gasteiger partial charge is 0.323 e. The molecular weight excluding hydrogens is 473 g/mol. The standard InChI is InChI=1S/C27H30FN7O2/c1-2-34-11-13-35(14-12-34)17-19-3-4-22(15-20(19)16-28)33-27(36)32-21-5-7-23(8-6-21)37-26-24-9-10-29-25(24)30-18-31-26/h3-10,15,18H,2,11-14,16-17H2,1H3,(H,29,30,31)(H2,32,33,36). The summed E-state index contributed by atoms with van der Waals surface area (Å²) in [5.74, 6) is 1.02. The van der Waals surface area contributed by atoms with Crippen molar-refractivity contribution in [1.29, 1.82) is 0 Å². The molecule has 0 unspecified atom stereocenters. The molecule has 0 radical (unpaired) electrons. The summed E-state index contributed by atoms with van der Waals surface area (Å²) in [4.78, 5) is 28.7. The lowest BCUT2D eigenvalue weighted by Gasteiger charge is -2.34. The minimum atomic E-state index is -0.579. The molecule has 1 aliphatic rings. The Balaban J connectivity index is 1.16. The number of benzene rings is 2. The van der Waals surface area contributed by atoms with Crippen LogP contribution in [-0.4, -0.2) is 63.5 Å². The monoisotopic (exact) mass is 503 g/mol. The summed E-state index contributed by atoms with van der Waals surface area (Å²) in [6, 6.07) is 13.8. The Morgan fingerprint density at radius 2 is 1.70 bits per heavy atom. The maximum atomic E-state index is 13.8. The highest BCUT2D eigenvalue weighted by Gasteiger charge is 2.17. The molecule has 5 rings (SSSR count). The number of ether oxygens (including phenoxy) is 1. The number of hydrogen-bond donors (Lipinski definition) is 3. The number of rotatable bonds is 8. The van der Waals surface area contributed by atoms with Gasteiger partial charge in [-0.3, -0.25) is 4.90 Å². The van der Waals surface area contributed by atoms with Gasteiger partial charge in [0.25, 0.3) is 0 Å². The van der Waals surface area contributed by atoms with Gasteiger partial charge >= 0.3 is 6.03 Å². The molecule has 3 N–H and O–H groups in total. The van der Waals surface area contributed by atoms with Crippen LogP contribution in [0.2, 0.25) is 0 Å². The van der Waals surface area contributed by atoms with Crippen LogP contribution in [0, 0.1) is 0 Å². The average Bonchev–Trinajstić information content (AvgIpc) is 3.41. The van der Waals surface area contributed by atoms with Crippen LogP contribution in [0.1, 0.15) is 18.1 Å². The molecule has 4 aromatic rings. The van der Waals surface area contributed by atoms with E-state index in [2.05, 4.69) is 42.3 Å². The summed E-state index contributed by atoms with van der Waals surface area (Å²) in [5.41, 5.74) is 3.38. The molecule has 0 spiro atoms. The summed E-state index contributed by atoms with van der Waals surface area (Å²) in [5, 5.41) is 6.36. The fourth-order valence-corrected chi connectivity index (χ4v) is 4.43. The van der Waals surface area contributed by atoms with Gasteiger partial charge < -0.3 is 25.3 Å². The number of aromatic amines is 1. The van der Waals surface area contributed by atoms with Crippen molar-refractivity contribution in [1.82, 2.24) is 24.8 Å². The van der Waals surface area contributed by atoms with Crippen LogP contribution in [0.5, 0.6) is 11.6 Å². The quantitative estimate of drug-likeness (QED) is 0.313. The number of aromatic nitrogens is 3. The molecule has 192 valence electrons. The number of amides is 2. The number of urea groups is 1. The third kappa shape index (κ3) is 6.04. The molecule has 2 amide bonds. The predicted octanol–water partition coefficient (Wildman–Crippen LogP) is 5.00. The largest absolute Gasteiger partial charge is 0.438 e. The molecule has 1 saturated heterocycles. The molecule has 0 bridgehead atoms. The Morgan fingerprint density at radius 1 is 0.973 bits per heavy atom. The highest BCUT2D eigenvalue weighted by molar-refractivity contribution is 5.99. The average molecular weight is 504 g/mol. The van der Waals surface area contributed by atoms with Crippen molar-refractivity contribution in [2.45, 2.75) is 20.1 Å². The van der Waals surface area contributed by atoms with Crippen LogP contribution in [-0.2, 0) is 13.2 Å². The Bertz CT molecular complexity index is 1350. The molecule has 0 aliphatic carbocycles. The summed E-state index contributed by atoms with van der Waals surface area (Å²) >= 11 is 0. The van der Waals surface area contributed by atoms with Gasteiger partial charge in [0.15, 0.2) is 0 Å². The zero-order valence-corrected chi connectivity index (χ0v) is 20.7. The molecule has 0 saturated carbocycles. The number of nitrogens with one attached hydrogen (secondary N) is 3. The minimum Gasteiger partial charge on any atom is -0.438 e. The lowest BCUT2D eigenvalue weighted by molar-refractivity contribution is 0.131. The molecule has 3 heterocycles. The van der Waals surface area contributed by atoms with Gasteiger partial charge in [-0.15, -0.1) is 0 Å². The van der Waals surface area contributed by atoms with Gasteiger partial charge in [-0.05, 0) is 60.1 Å². The van der Waals surface area contributed by atoms with Crippen molar-refractivity contribution in [2.24, 2.45) is 0 Å².